The molecule has 1 aromatic carbocycles. The Morgan fingerprint density at radius 1 is 1.36 bits per heavy atom. The number of fused-ring (bicyclic) bond motifs is 1. The van der Waals surface area contributed by atoms with Gasteiger partial charge in [-0.15, -0.1) is 12.4 Å². The summed E-state index contributed by atoms with van der Waals surface area (Å²) in [5.41, 5.74) is 2.00. The molecular weight excluding hydrogens is 373 g/mol. The number of hydrogen-bond acceptors (Lipinski definition) is 5. The molecule has 0 saturated carbocycles. The first-order chi connectivity index (χ1) is 11.3. The minimum absolute atomic E-state index is 0. The highest BCUT2D eigenvalue weighted by molar-refractivity contribution is 7.92. The Morgan fingerprint density at radius 3 is 2.84 bits per heavy atom. The van der Waals surface area contributed by atoms with Gasteiger partial charge in [0.25, 0.3) is 5.91 Å². The van der Waals surface area contributed by atoms with E-state index in [1.54, 1.807) is 0 Å². The fourth-order valence-electron chi connectivity index (χ4n) is 2.48. The summed E-state index contributed by atoms with van der Waals surface area (Å²) < 4.78 is 38.2. The number of carbonyl (C=O) groups excluding carboxylic acids is 1. The van der Waals surface area contributed by atoms with Crippen molar-refractivity contribution in [2.45, 2.75) is 13.0 Å². The number of benzene rings is 1. The highest BCUT2D eigenvalue weighted by atomic mass is 35.5. The van der Waals surface area contributed by atoms with Crippen LogP contribution in [-0.4, -0.2) is 37.3 Å². The molecular formula is C14H17ClFN5O3S. The normalized spacial score (nSPS) is 13.5. The molecule has 3 rings (SSSR count). The van der Waals surface area contributed by atoms with Crippen LogP contribution in [0.1, 0.15) is 21.7 Å². The van der Waals surface area contributed by atoms with Gasteiger partial charge in [-0.2, -0.15) is 5.10 Å². The van der Waals surface area contributed by atoms with Gasteiger partial charge in [0.05, 0.1) is 11.9 Å². The van der Waals surface area contributed by atoms with Crippen molar-refractivity contribution in [1.82, 2.24) is 15.5 Å². The van der Waals surface area contributed by atoms with E-state index in [1.807, 2.05) is 0 Å². The number of rotatable bonds is 4. The molecule has 1 amide bonds. The summed E-state index contributed by atoms with van der Waals surface area (Å²) in [7, 11) is -3.63. The average molecular weight is 390 g/mol. The molecule has 4 N–H and O–H groups in total. The quantitative estimate of drug-likeness (QED) is 0.627. The molecule has 0 aliphatic carbocycles. The third-order valence-corrected chi connectivity index (χ3v) is 4.13. The van der Waals surface area contributed by atoms with E-state index in [0.29, 0.717) is 6.54 Å². The third-order valence-electron chi connectivity index (χ3n) is 3.54. The maximum atomic E-state index is 13.7. The summed E-state index contributed by atoms with van der Waals surface area (Å²) in [6.07, 6.45) is 1.68. The predicted molar refractivity (Wildman–Crippen MR) is 94.1 cm³/mol. The van der Waals surface area contributed by atoms with Crippen LogP contribution in [0, 0.1) is 5.82 Å². The smallest absolute Gasteiger partial charge is 0.276 e. The standard InChI is InChI=1S/C14H16FN5O3S.ClH/c1-24(22,23)20-12-6-8(2-3-10(12)15)17-14(21)13-9-7-16-5-4-11(9)18-19-13;/h2-3,6,16,20H,4-5,7H2,1H3,(H,17,21)(H,18,19);1H. The number of amides is 1. The first-order valence-corrected chi connectivity index (χ1v) is 9.08. The molecule has 0 atom stereocenters. The molecule has 0 bridgehead atoms. The Hall–Kier alpha value is -2.17. The first-order valence-electron chi connectivity index (χ1n) is 7.19. The Morgan fingerprint density at radius 2 is 2.12 bits per heavy atom. The molecule has 8 nitrogen and oxygen atoms in total. The van der Waals surface area contributed by atoms with Crippen molar-refractivity contribution in [3.05, 3.63) is 41.0 Å². The van der Waals surface area contributed by atoms with Crippen molar-refractivity contribution in [2.24, 2.45) is 0 Å². The van der Waals surface area contributed by atoms with Gasteiger partial charge in [-0.05, 0) is 18.2 Å². The van der Waals surface area contributed by atoms with Crippen molar-refractivity contribution in [1.29, 1.82) is 0 Å². The second kappa shape index (κ2) is 7.38. The van der Waals surface area contributed by atoms with Crippen LogP contribution in [0.5, 0.6) is 0 Å². The number of aromatic nitrogens is 2. The average Bonchev–Trinajstić information content (AvgIpc) is 2.93. The molecule has 0 fully saturated rings. The molecule has 0 radical (unpaired) electrons. The molecule has 0 saturated heterocycles. The van der Waals surface area contributed by atoms with Gasteiger partial charge in [0.2, 0.25) is 10.0 Å². The van der Waals surface area contributed by atoms with E-state index in [0.717, 1.165) is 36.5 Å². The van der Waals surface area contributed by atoms with Crippen molar-refractivity contribution >= 4 is 39.7 Å². The minimum Gasteiger partial charge on any atom is -0.321 e. The Bertz CT molecular complexity index is 900. The van der Waals surface area contributed by atoms with E-state index in [2.05, 4.69) is 25.6 Å². The van der Waals surface area contributed by atoms with Gasteiger partial charge in [-0.1, -0.05) is 0 Å². The molecule has 0 unspecified atom stereocenters. The van der Waals surface area contributed by atoms with E-state index in [4.69, 9.17) is 0 Å². The second-order valence-electron chi connectivity index (χ2n) is 5.48. The summed E-state index contributed by atoms with van der Waals surface area (Å²) in [6, 6.07) is 3.63. The molecule has 1 aromatic heterocycles. The van der Waals surface area contributed by atoms with Gasteiger partial charge in [0, 0.05) is 36.5 Å². The van der Waals surface area contributed by atoms with Crippen molar-refractivity contribution in [3.63, 3.8) is 0 Å². The number of nitrogens with one attached hydrogen (secondary N) is 4. The number of carbonyl (C=O) groups is 1. The van der Waals surface area contributed by atoms with Crippen LogP contribution < -0.4 is 15.4 Å². The molecule has 25 heavy (non-hydrogen) atoms. The molecule has 2 heterocycles. The molecule has 11 heteroatoms. The van der Waals surface area contributed by atoms with Crippen LogP contribution in [0.2, 0.25) is 0 Å². The minimum atomic E-state index is -3.63. The first kappa shape index (κ1) is 19.2. The largest absolute Gasteiger partial charge is 0.321 e. The number of H-pyrrole nitrogens is 1. The van der Waals surface area contributed by atoms with Crippen LogP contribution in [0.3, 0.4) is 0 Å². The monoisotopic (exact) mass is 389 g/mol. The molecule has 1 aliphatic heterocycles. The topological polar surface area (TPSA) is 116 Å². The van der Waals surface area contributed by atoms with Crippen LogP contribution in [0.4, 0.5) is 15.8 Å². The van der Waals surface area contributed by atoms with Crippen molar-refractivity contribution in [2.75, 3.05) is 22.8 Å². The predicted octanol–water partition coefficient (Wildman–Crippen LogP) is 1.24. The van der Waals surface area contributed by atoms with Gasteiger partial charge in [0.1, 0.15) is 5.82 Å². The lowest BCUT2D eigenvalue weighted by Crippen LogP contribution is -2.25. The molecule has 2 aromatic rings. The Balaban J connectivity index is 0.00000225. The van der Waals surface area contributed by atoms with E-state index < -0.39 is 21.7 Å². The lowest BCUT2D eigenvalue weighted by Gasteiger charge is -2.13. The lowest BCUT2D eigenvalue weighted by molar-refractivity contribution is 0.102. The second-order valence-corrected chi connectivity index (χ2v) is 7.23. The summed E-state index contributed by atoms with van der Waals surface area (Å²) in [4.78, 5) is 12.4. The van der Waals surface area contributed by atoms with Crippen molar-refractivity contribution < 1.29 is 17.6 Å². The molecule has 136 valence electrons. The molecule has 0 spiro atoms. The summed E-state index contributed by atoms with van der Waals surface area (Å²) in [6.45, 7) is 1.35. The molecule has 1 aliphatic rings. The van der Waals surface area contributed by atoms with Crippen LogP contribution in [0.15, 0.2) is 18.2 Å². The fraction of sp³-hybridized carbons (Fsp3) is 0.286. The number of nitrogens with zero attached hydrogens (tertiary/aromatic N) is 1. The maximum absolute atomic E-state index is 13.7. The van der Waals surface area contributed by atoms with E-state index in [9.17, 15) is 17.6 Å². The van der Waals surface area contributed by atoms with Crippen LogP contribution in [-0.2, 0) is 23.0 Å². The van der Waals surface area contributed by atoms with Gasteiger partial charge >= 0.3 is 0 Å². The third kappa shape index (κ3) is 4.47. The lowest BCUT2D eigenvalue weighted by atomic mass is 10.1. The van der Waals surface area contributed by atoms with Gasteiger partial charge in [0.15, 0.2) is 5.69 Å². The number of hydrogen-bond donors (Lipinski definition) is 4. The van der Waals surface area contributed by atoms with E-state index in [1.165, 1.54) is 12.1 Å². The van der Waals surface area contributed by atoms with Crippen LogP contribution >= 0.6 is 12.4 Å². The zero-order valence-corrected chi connectivity index (χ0v) is 14.9. The summed E-state index contributed by atoms with van der Waals surface area (Å²) >= 11 is 0. The summed E-state index contributed by atoms with van der Waals surface area (Å²) in [5.74, 6) is -1.19. The highest BCUT2D eigenvalue weighted by Crippen LogP contribution is 2.22. The zero-order chi connectivity index (χ0) is 17.3. The number of sulfonamides is 1. The number of halogens is 2. The fourth-order valence-corrected chi connectivity index (χ4v) is 3.04. The highest BCUT2D eigenvalue weighted by Gasteiger charge is 2.21. The number of anilines is 2. The Labute approximate surface area is 150 Å². The SMILES string of the molecule is CS(=O)(=O)Nc1cc(NC(=O)c2n[nH]c3c2CNCC3)ccc1F.Cl. The van der Waals surface area contributed by atoms with Gasteiger partial charge < -0.3 is 10.6 Å². The zero-order valence-electron chi connectivity index (χ0n) is 13.2. The Kier molecular flexibility index (Phi) is 5.65. The number of aromatic amines is 1. The van der Waals surface area contributed by atoms with E-state index >= 15 is 0 Å². The maximum Gasteiger partial charge on any atom is 0.276 e. The summed E-state index contributed by atoms with van der Waals surface area (Å²) in [5, 5.41) is 12.6. The van der Waals surface area contributed by atoms with Crippen LogP contribution in [0.25, 0.3) is 0 Å². The van der Waals surface area contributed by atoms with E-state index in [-0.39, 0.29) is 29.5 Å². The van der Waals surface area contributed by atoms with Gasteiger partial charge in [-0.25, -0.2) is 12.8 Å². The van der Waals surface area contributed by atoms with Gasteiger partial charge in [-0.3, -0.25) is 14.6 Å². The van der Waals surface area contributed by atoms with Crippen molar-refractivity contribution in [3.8, 4) is 0 Å².